The van der Waals surface area contributed by atoms with Gasteiger partial charge in [-0.3, -0.25) is 15.5 Å². The summed E-state index contributed by atoms with van der Waals surface area (Å²) in [6, 6.07) is 1.15. The molecule has 0 saturated heterocycles. The fourth-order valence-corrected chi connectivity index (χ4v) is 3.61. The summed E-state index contributed by atoms with van der Waals surface area (Å²) in [5, 5.41) is 10.2. The van der Waals surface area contributed by atoms with Gasteiger partial charge in [-0.15, -0.1) is 0 Å². The number of carbonyl (C=O) groups excluding carboxylic acids is 1. The van der Waals surface area contributed by atoms with Crippen LogP contribution in [0.1, 0.15) is 21.5 Å². The van der Waals surface area contributed by atoms with Crippen LogP contribution < -0.4 is 10.8 Å². The number of carbonyl (C=O) groups is 1. The molecule has 200 valence electrons. The van der Waals surface area contributed by atoms with Gasteiger partial charge in [0.05, 0.1) is 22.5 Å². The standard InChI is InChI=1S/C18H8F13IN2O2/c19-11-7(2-1-3-10(11)34-36)13(35)33-12-8(15(21,22)23)4-6(5-9(12)32)14(20,17(26,27)28)16(24,25)18(29,30)31/h1-5,34,36H,(H,33,35). The number of amides is 1. The lowest BCUT2D eigenvalue weighted by molar-refractivity contribution is -0.389. The lowest BCUT2D eigenvalue weighted by Crippen LogP contribution is -2.59. The molecule has 0 bridgehead atoms. The van der Waals surface area contributed by atoms with E-state index < -0.39 is 85.6 Å². The van der Waals surface area contributed by atoms with Crippen LogP contribution in [0.25, 0.3) is 0 Å². The zero-order valence-corrected chi connectivity index (χ0v) is 18.7. The van der Waals surface area contributed by atoms with Gasteiger partial charge >= 0.3 is 30.1 Å². The van der Waals surface area contributed by atoms with Crippen molar-refractivity contribution in [3.63, 3.8) is 0 Å². The van der Waals surface area contributed by atoms with Crippen LogP contribution in [0.5, 0.6) is 0 Å². The van der Waals surface area contributed by atoms with Crippen molar-refractivity contribution < 1.29 is 67.1 Å². The first-order valence-electron chi connectivity index (χ1n) is 8.72. The Morgan fingerprint density at radius 1 is 0.861 bits per heavy atom. The van der Waals surface area contributed by atoms with Crippen LogP contribution in [-0.4, -0.2) is 29.4 Å². The Bertz CT molecular complexity index is 1160. The van der Waals surface area contributed by atoms with Gasteiger partial charge in [-0.1, -0.05) is 6.07 Å². The van der Waals surface area contributed by atoms with Gasteiger partial charge in [-0.25, -0.2) is 8.78 Å². The predicted octanol–water partition coefficient (Wildman–Crippen LogP) is 7.43. The van der Waals surface area contributed by atoms with Crippen molar-refractivity contribution >= 4 is 39.9 Å². The molecule has 18 heteroatoms. The first-order valence-corrected chi connectivity index (χ1v) is 9.80. The molecule has 4 nitrogen and oxygen atoms in total. The third-order valence-corrected chi connectivity index (χ3v) is 5.43. The number of hydrogen-bond donors (Lipinski definition) is 3. The van der Waals surface area contributed by atoms with Crippen molar-refractivity contribution in [2.24, 2.45) is 0 Å². The average Bonchev–Trinajstić information content (AvgIpc) is 2.71. The molecule has 2 aromatic carbocycles. The van der Waals surface area contributed by atoms with Gasteiger partial charge in [0.1, 0.15) is 0 Å². The molecule has 0 saturated carbocycles. The number of benzene rings is 2. The minimum atomic E-state index is -7.24. The summed E-state index contributed by atoms with van der Waals surface area (Å²) in [6.07, 6.45) is -20.1. The number of halogens is 14. The summed E-state index contributed by atoms with van der Waals surface area (Å²) in [5.74, 6) is -10.5. The molecule has 2 aromatic rings. The molecule has 0 aromatic heterocycles. The molecule has 36 heavy (non-hydrogen) atoms. The highest BCUT2D eigenvalue weighted by Crippen LogP contribution is 2.59. The van der Waals surface area contributed by atoms with E-state index in [-0.39, 0.29) is 0 Å². The molecule has 1 unspecified atom stereocenters. The van der Waals surface area contributed by atoms with E-state index in [0.717, 1.165) is 34.7 Å². The van der Waals surface area contributed by atoms with Gasteiger partial charge in [0.15, 0.2) is 5.82 Å². The monoisotopic (exact) mass is 658 g/mol. The third-order valence-electron chi connectivity index (χ3n) is 4.58. The van der Waals surface area contributed by atoms with Gasteiger partial charge in [-0.05, 0) is 46.9 Å². The first-order chi connectivity index (χ1) is 16.1. The average molecular weight is 658 g/mol. The van der Waals surface area contributed by atoms with Crippen LogP contribution in [0, 0.1) is 9.39 Å². The molecular formula is C18H8F13IN2O2. The molecule has 0 spiro atoms. The quantitative estimate of drug-likeness (QED) is 0.178. The molecule has 1 amide bonds. The zero-order chi connectivity index (χ0) is 28.1. The Kier molecular flexibility index (Phi) is 7.77. The van der Waals surface area contributed by atoms with Crippen LogP contribution in [-0.2, 0) is 11.8 Å². The molecule has 0 aliphatic heterocycles. The topological polar surface area (TPSA) is 61.4 Å². The SMILES string of the molecule is O=C(Nc1c(I)cc(C(F)(C(F)(F)F)C(F)(F)C(F)(F)F)cc1C(F)(F)F)c1cccc(NO)c1F. The number of alkyl halides is 12. The Morgan fingerprint density at radius 3 is 1.86 bits per heavy atom. The van der Waals surface area contributed by atoms with Gasteiger partial charge in [-0.2, -0.15) is 48.3 Å². The smallest absolute Gasteiger partial charge is 0.320 e. The largest absolute Gasteiger partial charge is 0.457 e. The maximum atomic E-state index is 14.7. The van der Waals surface area contributed by atoms with Crippen LogP contribution in [0.4, 0.5) is 68.5 Å². The Morgan fingerprint density at radius 2 is 1.42 bits per heavy atom. The Labute approximate surface area is 204 Å². The second-order valence-corrected chi connectivity index (χ2v) is 8.00. The second-order valence-electron chi connectivity index (χ2n) is 6.84. The summed E-state index contributed by atoms with van der Waals surface area (Å²) in [4.78, 5) is 12.3. The molecule has 0 aliphatic rings. The maximum absolute atomic E-state index is 14.7. The number of rotatable bonds is 5. The van der Waals surface area contributed by atoms with E-state index in [4.69, 9.17) is 5.21 Å². The van der Waals surface area contributed by atoms with E-state index in [1.54, 1.807) is 0 Å². The number of hydrogen-bond acceptors (Lipinski definition) is 3. The summed E-state index contributed by atoms with van der Waals surface area (Å²) < 4.78 is 174. The molecule has 2 rings (SSSR count). The summed E-state index contributed by atoms with van der Waals surface area (Å²) >= 11 is 0.723. The normalized spacial score (nSPS) is 14.9. The molecule has 1 atom stereocenters. The van der Waals surface area contributed by atoms with Crippen LogP contribution >= 0.6 is 22.6 Å². The first kappa shape index (κ1) is 29.7. The molecular weight excluding hydrogens is 650 g/mol. The Balaban J connectivity index is 2.79. The minimum Gasteiger partial charge on any atom is -0.320 e. The van der Waals surface area contributed by atoms with E-state index in [1.165, 1.54) is 10.8 Å². The summed E-state index contributed by atoms with van der Waals surface area (Å²) in [6.45, 7) is 0. The van der Waals surface area contributed by atoms with E-state index in [2.05, 4.69) is 0 Å². The van der Waals surface area contributed by atoms with Crippen LogP contribution in [0.15, 0.2) is 30.3 Å². The Hall–Kier alpha value is -2.51. The van der Waals surface area contributed by atoms with E-state index in [9.17, 15) is 61.9 Å². The van der Waals surface area contributed by atoms with Gasteiger partial charge in [0, 0.05) is 9.13 Å². The van der Waals surface area contributed by atoms with Crippen molar-refractivity contribution in [2.75, 3.05) is 10.8 Å². The van der Waals surface area contributed by atoms with E-state index in [1.807, 2.05) is 0 Å². The van der Waals surface area contributed by atoms with E-state index >= 15 is 0 Å². The van der Waals surface area contributed by atoms with Crippen molar-refractivity contribution in [3.8, 4) is 0 Å². The van der Waals surface area contributed by atoms with Gasteiger partial charge in [0.2, 0.25) is 0 Å². The van der Waals surface area contributed by atoms with Gasteiger partial charge in [0.25, 0.3) is 5.91 Å². The highest BCUT2D eigenvalue weighted by molar-refractivity contribution is 14.1. The highest BCUT2D eigenvalue weighted by atomic mass is 127. The fourth-order valence-electron chi connectivity index (χ4n) is 2.85. The third kappa shape index (κ3) is 5.00. The van der Waals surface area contributed by atoms with Crippen molar-refractivity contribution in [2.45, 2.75) is 30.1 Å². The van der Waals surface area contributed by atoms with Crippen LogP contribution in [0.2, 0.25) is 0 Å². The summed E-state index contributed by atoms with van der Waals surface area (Å²) in [5.41, 5.74) is -13.8. The van der Waals surface area contributed by atoms with E-state index in [0.29, 0.717) is 6.07 Å². The molecule has 3 N–H and O–H groups in total. The summed E-state index contributed by atoms with van der Waals surface area (Å²) in [7, 11) is 0. The molecule has 0 heterocycles. The van der Waals surface area contributed by atoms with Gasteiger partial charge < -0.3 is 5.32 Å². The van der Waals surface area contributed by atoms with Crippen molar-refractivity contribution in [1.82, 2.24) is 0 Å². The number of anilines is 2. The minimum absolute atomic E-state index is 0.402. The second kappa shape index (κ2) is 9.42. The molecule has 0 radical (unpaired) electrons. The zero-order valence-electron chi connectivity index (χ0n) is 16.5. The maximum Gasteiger partial charge on any atom is 0.457 e. The highest BCUT2D eigenvalue weighted by Gasteiger charge is 2.81. The fraction of sp³-hybridized carbons (Fsp3) is 0.278. The lowest BCUT2D eigenvalue weighted by atomic mass is 9.86. The number of nitrogens with one attached hydrogen (secondary N) is 2. The van der Waals surface area contributed by atoms with Crippen molar-refractivity contribution in [3.05, 3.63) is 56.4 Å². The predicted molar refractivity (Wildman–Crippen MR) is 104 cm³/mol. The van der Waals surface area contributed by atoms with Crippen molar-refractivity contribution in [1.29, 1.82) is 0 Å². The molecule has 0 fully saturated rings. The molecule has 0 aliphatic carbocycles. The van der Waals surface area contributed by atoms with Crippen LogP contribution in [0.3, 0.4) is 0 Å². The lowest BCUT2D eigenvalue weighted by Gasteiger charge is -2.36.